The van der Waals surface area contributed by atoms with Crippen molar-refractivity contribution in [1.82, 2.24) is 0 Å². The molecule has 1 heterocycles. The van der Waals surface area contributed by atoms with Crippen LogP contribution in [-0.2, 0) is 25.4 Å². The highest BCUT2D eigenvalue weighted by Crippen LogP contribution is 2.44. The number of ether oxygens (including phenoxy) is 4. The molecule has 1 saturated heterocycles. The molecule has 0 spiro atoms. The maximum absolute atomic E-state index is 6.23. The van der Waals surface area contributed by atoms with Crippen molar-refractivity contribution in [3.05, 3.63) is 35.9 Å². The van der Waals surface area contributed by atoms with E-state index in [0.29, 0.717) is 19.1 Å². The minimum absolute atomic E-state index is 0.0282. The SMILES string of the molecule is CC(C)(C)OCCO[C@H]1C[C@@H](CCc2ccccc2)[C@@H]2OC(C)(C)O[C@@H]21. The van der Waals surface area contributed by atoms with Gasteiger partial charge in [-0.3, -0.25) is 0 Å². The Balaban J connectivity index is 1.55. The zero-order valence-corrected chi connectivity index (χ0v) is 16.9. The first kappa shape index (κ1) is 19.8. The molecule has 0 unspecified atom stereocenters. The van der Waals surface area contributed by atoms with Crippen molar-refractivity contribution in [1.29, 1.82) is 0 Å². The van der Waals surface area contributed by atoms with Gasteiger partial charge in [0.25, 0.3) is 0 Å². The molecule has 4 heteroatoms. The lowest BCUT2D eigenvalue weighted by molar-refractivity contribution is -0.173. The first-order valence-corrected chi connectivity index (χ1v) is 9.89. The van der Waals surface area contributed by atoms with Gasteiger partial charge in [0.15, 0.2) is 5.79 Å². The predicted molar refractivity (Wildman–Crippen MR) is 102 cm³/mol. The van der Waals surface area contributed by atoms with Crippen LogP contribution in [0.1, 0.15) is 53.0 Å². The fourth-order valence-electron chi connectivity index (χ4n) is 4.02. The van der Waals surface area contributed by atoms with E-state index in [1.165, 1.54) is 5.56 Å². The van der Waals surface area contributed by atoms with Crippen LogP contribution in [0.5, 0.6) is 0 Å². The van der Waals surface area contributed by atoms with Gasteiger partial charge < -0.3 is 18.9 Å². The molecule has 26 heavy (non-hydrogen) atoms. The molecule has 0 N–H and O–H groups in total. The number of aryl methyl sites for hydroxylation is 1. The van der Waals surface area contributed by atoms with Crippen molar-refractivity contribution in [3.63, 3.8) is 0 Å². The first-order valence-electron chi connectivity index (χ1n) is 9.89. The molecule has 0 amide bonds. The van der Waals surface area contributed by atoms with E-state index < -0.39 is 5.79 Å². The molecular formula is C22H34O4. The van der Waals surface area contributed by atoms with Crippen LogP contribution < -0.4 is 0 Å². The third-order valence-electron chi connectivity index (χ3n) is 5.13. The Kier molecular flexibility index (Phi) is 6.07. The van der Waals surface area contributed by atoms with Gasteiger partial charge in [0, 0.05) is 0 Å². The van der Waals surface area contributed by atoms with E-state index in [1.807, 2.05) is 13.8 Å². The van der Waals surface area contributed by atoms with Crippen LogP contribution in [0, 0.1) is 5.92 Å². The number of rotatable bonds is 7. The van der Waals surface area contributed by atoms with Crippen molar-refractivity contribution in [3.8, 4) is 0 Å². The van der Waals surface area contributed by atoms with Crippen LogP contribution >= 0.6 is 0 Å². The second-order valence-corrected chi connectivity index (χ2v) is 8.95. The molecule has 146 valence electrons. The Morgan fingerprint density at radius 1 is 1.04 bits per heavy atom. The lowest BCUT2D eigenvalue weighted by Gasteiger charge is -2.24. The van der Waals surface area contributed by atoms with Gasteiger partial charge >= 0.3 is 0 Å². The van der Waals surface area contributed by atoms with Crippen LogP contribution in [0.3, 0.4) is 0 Å². The van der Waals surface area contributed by atoms with Gasteiger partial charge in [-0.15, -0.1) is 0 Å². The van der Waals surface area contributed by atoms with Crippen molar-refractivity contribution in [2.45, 2.75) is 83.6 Å². The summed E-state index contributed by atoms with van der Waals surface area (Å²) in [6.45, 7) is 11.4. The third kappa shape index (κ3) is 5.29. The van der Waals surface area contributed by atoms with Gasteiger partial charge in [-0.2, -0.15) is 0 Å². The Bertz CT molecular complexity index is 563. The minimum Gasteiger partial charge on any atom is -0.373 e. The monoisotopic (exact) mass is 362 g/mol. The van der Waals surface area contributed by atoms with Crippen molar-refractivity contribution in [2.75, 3.05) is 13.2 Å². The summed E-state index contributed by atoms with van der Waals surface area (Å²) in [5.41, 5.74) is 1.25. The Hall–Kier alpha value is -0.940. The lowest BCUT2D eigenvalue weighted by atomic mass is 9.96. The number of fused-ring (bicyclic) bond motifs is 1. The molecule has 0 aromatic heterocycles. The number of hydrogen-bond donors (Lipinski definition) is 0. The van der Waals surface area contributed by atoms with E-state index in [4.69, 9.17) is 18.9 Å². The van der Waals surface area contributed by atoms with Crippen LogP contribution in [-0.4, -0.2) is 42.9 Å². The van der Waals surface area contributed by atoms with Gasteiger partial charge in [0.05, 0.1) is 31.0 Å². The van der Waals surface area contributed by atoms with Gasteiger partial charge in [-0.1, -0.05) is 30.3 Å². The van der Waals surface area contributed by atoms with Crippen molar-refractivity contribution < 1.29 is 18.9 Å². The van der Waals surface area contributed by atoms with Crippen LogP contribution in [0.25, 0.3) is 0 Å². The summed E-state index contributed by atoms with van der Waals surface area (Å²) >= 11 is 0. The summed E-state index contributed by atoms with van der Waals surface area (Å²) in [6, 6.07) is 10.7. The molecule has 4 nitrogen and oxygen atoms in total. The van der Waals surface area contributed by atoms with E-state index in [1.54, 1.807) is 0 Å². The van der Waals surface area contributed by atoms with Gasteiger partial charge in [-0.25, -0.2) is 0 Å². The van der Waals surface area contributed by atoms with Crippen LogP contribution in [0.15, 0.2) is 30.3 Å². The summed E-state index contributed by atoms with van der Waals surface area (Å²) in [4.78, 5) is 0. The van der Waals surface area contributed by atoms with E-state index >= 15 is 0 Å². The van der Waals surface area contributed by atoms with Crippen LogP contribution in [0.4, 0.5) is 0 Å². The van der Waals surface area contributed by atoms with E-state index in [-0.39, 0.29) is 23.9 Å². The normalized spacial score (nSPS) is 30.5. The zero-order valence-electron chi connectivity index (χ0n) is 16.9. The highest BCUT2D eigenvalue weighted by Gasteiger charge is 2.54. The third-order valence-corrected chi connectivity index (χ3v) is 5.13. The lowest BCUT2D eigenvalue weighted by Crippen LogP contribution is -2.32. The Morgan fingerprint density at radius 2 is 1.73 bits per heavy atom. The Labute approximate surface area is 158 Å². The summed E-state index contributed by atoms with van der Waals surface area (Å²) in [5, 5.41) is 0. The fourth-order valence-corrected chi connectivity index (χ4v) is 4.02. The second-order valence-electron chi connectivity index (χ2n) is 8.95. The molecule has 1 aliphatic heterocycles. The average Bonchev–Trinajstić information content (AvgIpc) is 3.03. The topological polar surface area (TPSA) is 36.9 Å². The number of hydrogen-bond acceptors (Lipinski definition) is 4. The molecule has 1 aliphatic carbocycles. The molecule has 2 fully saturated rings. The molecule has 1 saturated carbocycles. The number of benzene rings is 1. The van der Waals surface area contributed by atoms with Gasteiger partial charge in [0.2, 0.25) is 0 Å². The molecule has 1 aromatic carbocycles. The minimum atomic E-state index is -0.524. The summed E-state index contributed by atoms with van der Waals surface area (Å²) in [5.74, 6) is -0.0555. The fraction of sp³-hybridized carbons (Fsp3) is 0.727. The quantitative estimate of drug-likeness (QED) is 0.676. The molecule has 3 rings (SSSR count). The largest absolute Gasteiger partial charge is 0.373 e. The standard InChI is InChI=1S/C22H34O4/c1-21(2,3)24-14-13-23-18-15-17(12-11-16-9-7-6-8-10-16)19-20(18)26-22(4,5)25-19/h6-10,17-20H,11-15H2,1-5H3/t17-,18+,19+,20-/m1/s1. The van der Waals surface area contributed by atoms with Gasteiger partial charge in [0.1, 0.15) is 6.10 Å². The van der Waals surface area contributed by atoms with Crippen LogP contribution in [0.2, 0.25) is 0 Å². The van der Waals surface area contributed by atoms with E-state index in [2.05, 4.69) is 51.1 Å². The van der Waals surface area contributed by atoms with Crippen molar-refractivity contribution in [2.24, 2.45) is 5.92 Å². The van der Waals surface area contributed by atoms with E-state index in [0.717, 1.165) is 19.3 Å². The summed E-state index contributed by atoms with van der Waals surface area (Å²) < 4.78 is 24.3. The summed E-state index contributed by atoms with van der Waals surface area (Å²) in [7, 11) is 0. The maximum Gasteiger partial charge on any atom is 0.163 e. The summed E-state index contributed by atoms with van der Waals surface area (Å²) in [6.07, 6.45) is 3.41. The predicted octanol–water partition coefficient (Wildman–Crippen LogP) is 4.36. The first-order chi connectivity index (χ1) is 12.2. The highest BCUT2D eigenvalue weighted by atomic mass is 16.8. The molecule has 0 bridgehead atoms. The van der Waals surface area contributed by atoms with Gasteiger partial charge in [-0.05, 0) is 65.4 Å². The molecule has 1 aromatic rings. The highest BCUT2D eigenvalue weighted by molar-refractivity contribution is 5.15. The Morgan fingerprint density at radius 3 is 2.42 bits per heavy atom. The molecular weight excluding hydrogens is 328 g/mol. The molecule has 4 atom stereocenters. The smallest absolute Gasteiger partial charge is 0.163 e. The van der Waals surface area contributed by atoms with E-state index in [9.17, 15) is 0 Å². The molecule has 0 radical (unpaired) electrons. The average molecular weight is 363 g/mol. The molecule has 2 aliphatic rings. The maximum atomic E-state index is 6.23. The second kappa shape index (κ2) is 7.97. The van der Waals surface area contributed by atoms with Crippen molar-refractivity contribution >= 4 is 0 Å². The zero-order chi connectivity index (χ0) is 18.8.